The number of carbonyl (C=O) groups excluding carboxylic acids is 1. The average Bonchev–Trinajstić information content (AvgIpc) is 3.20. The molecule has 0 saturated carbocycles. The quantitative estimate of drug-likeness (QED) is 0.646. The van der Waals surface area contributed by atoms with Gasteiger partial charge in [-0.05, 0) is 25.0 Å². The van der Waals surface area contributed by atoms with Crippen LogP contribution in [0.2, 0.25) is 0 Å². The molecule has 0 bridgehead atoms. The molecule has 0 unspecified atom stereocenters. The summed E-state index contributed by atoms with van der Waals surface area (Å²) >= 11 is 0. The first-order valence-electron chi connectivity index (χ1n) is 10.9. The summed E-state index contributed by atoms with van der Waals surface area (Å²) < 4.78 is 14.7. The topological polar surface area (TPSA) is 111 Å². The van der Waals surface area contributed by atoms with E-state index < -0.39 is 5.95 Å². The van der Waals surface area contributed by atoms with E-state index in [1.807, 2.05) is 11.8 Å². The van der Waals surface area contributed by atoms with Crippen molar-refractivity contribution in [2.45, 2.75) is 26.2 Å². The lowest BCUT2D eigenvalue weighted by molar-refractivity contribution is -0.117. The third-order valence-electron chi connectivity index (χ3n) is 5.88. The molecule has 2 aliphatic rings. The summed E-state index contributed by atoms with van der Waals surface area (Å²) in [5.41, 5.74) is 7.69. The first kappa shape index (κ1) is 21.9. The van der Waals surface area contributed by atoms with Crippen LogP contribution in [0.25, 0.3) is 6.08 Å². The monoisotopic (exact) mass is 441 g/mol. The second kappa shape index (κ2) is 9.47. The molecular weight excluding hydrogens is 413 g/mol. The Kier molecular flexibility index (Phi) is 6.50. The van der Waals surface area contributed by atoms with Crippen LogP contribution >= 0.6 is 0 Å². The lowest BCUT2D eigenvalue weighted by Gasteiger charge is -2.36. The molecule has 0 aromatic carbocycles. The molecular formula is C22H28FN7O2. The molecule has 2 aromatic rings. The lowest BCUT2D eigenvalue weighted by atomic mass is 10.2. The largest absolute Gasteiger partial charge is 0.401 e. The Hall–Kier alpha value is -3.27. The predicted octanol–water partition coefficient (Wildman–Crippen LogP) is 1.11. The molecule has 9 nitrogen and oxygen atoms in total. The number of anilines is 2. The Morgan fingerprint density at radius 1 is 1.22 bits per heavy atom. The number of hydrogen-bond acceptors (Lipinski definition) is 7. The molecule has 4 heterocycles. The van der Waals surface area contributed by atoms with Crippen molar-refractivity contribution in [2.75, 3.05) is 49.1 Å². The fraction of sp³-hybridized carbons (Fsp3) is 0.455. The third kappa shape index (κ3) is 4.80. The smallest absolute Gasteiger partial charge is 0.254 e. The van der Waals surface area contributed by atoms with Crippen molar-refractivity contribution in [3.05, 3.63) is 51.7 Å². The zero-order valence-electron chi connectivity index (χ0n) is 18.2. The standard InChI is InChI=1S/C22H28FN7O2/c1-2-15-13-25-18(26-22(15)32)12-16(24)14-28-8-10-29(11-9-28)17-5-6-19(27-21(17)23)30-7-3-4-20(30)31/h5-6,12-13H,2-4,7-11,14,24H2,1H3,(H,25,26,32)/b16-12-. The number of aromatic amines is 1. The first-order chi connectivity index (χ1) is 15.4. The van der Waals surface area contributed by atoms with E-state index in [0.29, 0.717) is 80.7 Å². The minimum atomic E-state index is -0.555. The van der Waals surface area contributed by atoms with Gasteiger partial charge in [-0.2, -0.15) is 4.39 Å². The molecule has 2 aromatic heterocycles. The Balaban J connectivity index is 1.34. The van der Waals surface area contributed by atoms with Crippen LogP contribution in [0.1, 0.15) is 31.2 Å². The molecule has 0 aliphatic carbocycles. The number of carbonyl (C=O) groups is 1. The number of rotatable bonds is 6. The summed E-state index contributed by atoms with van der Waals surface area (Å²) in [4.78, 5) is 40.4. The fourth-order valence-electron chi connectivity index (χ4n) is 4.08. The van der Waals surface area contributed by atoms with Crippen molar-refractivity contribution in [3.8, 4) is 0 Å². The Morgan fingerprint density at radius 2 is 2.00 bits per heavy atom. The number of nitrogens with two attached hydrogens (primary N) is 1. The van der Waals surface area contributed by atoms with E-state index in [0.717, 1.165) is 6.42 Å². The fourth-order valence-corrected chi connectivity index (χ4v) is 4.08. The van der Waals surface area contributed by atoms with Crippen LogP contribution in [0.15, 0.2) is 28.8 Å². The maximum Gasteiger partial charge on any atom is 0.254 e. The van der Waals surface area contributed by atoms with Gasteiger partial charge < -0.3 is 15.6 Å². The molecule has 3 N–H and O–H groups in total. The number of piperazine rings is 1. The molecule has 0 radical (unpaired) electrons. The number of H-pyrrole nitrogens is 1. The van der Waals surface area contributed by atoms with Gasteiger partial charge in [0.05, 0.1) is 5.69 Å². The molecule has 2 saturated heterocycles. The van der Waals surface area contributed by atoms with Crippen LogP contribution < -0.4 is 21.1 Å². The molecule has 2 fully saturated rings. The number of aryl methyl sites for hydroxylation is 1. The number of pyridine rings is 1. The number of hydrogen-bond donors (Lipinski definition) is 2. The second-order valence-electron chi connectivity index (χ2n) is 8.09. The van der Waals surface area contributed by atoms with Crippen molar-refractivity contribution in [2.24, 2.45) is 5.73 Å². The summed E-state index contributed by atoms with van der Waals surface area (Å²) in [6.45, 7) is 5.70. The molecule has 0 atom stereocenters. The number of aromatic nitrogens is 3. The Bertz CT molecular complexity index is 1080. The Labute approximate surface area is 185 Å². The van der Waals surface area contributed by atoms with Gasteiger partial charge in [0.1, 0.15) is 11.6 Å². The lowest BCUT2D eigenvalue weighted by Crippen LogP contribution is -2.47. The van der Waals surface area contributed by atoms with Gasteiger partial charge in [-0.1, -0.05) is 6.92 Å². The van der Waals surface area contributed by atoms with Gasteiger partial charge in [0.2, 0.25) is 11.9 Å². The third-order valence-corrected chi connectivity index (χ3v) is 5.88. The molecule has 170 valence electrons. The van der Waals surface area contributed by atoms with Crippen molar-refractivity contribution >= 4 is 23.5 Å². The minimum absolute atomic E-state index is 0.00973. The Morgan fingerprint density at radius 3 is 2.62 bits per heavy atom. The van der Waals surface area contributed by atoms with E-state index in [4.69, 9.17) is 5.73 Å². The molecule has 10 heteroatoms. The average molecular weight is 442 g/mol. The SMILES string of the molecule is CCc1cnc(/C=C(\N)CN2CCN(c3ccc(N4CCCC4=O)nc3F)CC2)[nH]c1=O. The maximum atomic E-state index is 14.7. The molecule has 2 aliphatic heterocycles. The van der Waals surface area contributed by atoms with Crippen LogP contribution in [0, 0.1) is 5.95 Å². The number of halogens is 1. The normalized spacial score (nSPS) is 17.9. The van der Waals surface area contributed by atoms with E-state index in [1.54, 1.807) is 24.4 Å². The van der Waals surface area contributed by atoms with Gasteiger partial charge in [0, 0.05) is 69.2 Å². The minimum Gasteiger partial charge on any atom is -0.401 e. The van der Waals surface area contributed by atoms with Crippen molar-refractivity contribution < 1.29 is 9.18 Å². The first-order valence-corrected chi connectivity index (χ1v) is 10.9. The van der Waals surface area contributed by atoms with Gasteiger partial charge in [-0.25, -0.2) is 9.97 Å². The van der Waals surface area contributed by atoms with Crippen molar-refractivity contribution in [1.82, 2.24) is 19.9 Å². The molecule has 1 amide bonds. The molecule has 4 rings (SSSR count). The summed E-state index contributed by atoms with van der Waals surface area (Å²) in [5.74, 6) is 0.252. The summed E-state index contributed by atoms with van der Waals surface area (Å²) in [6, 6.07) is 3.42. The molecule has 0 spiro atoms. The summed E-state index contributed by atoms with van der Waals surface area (Å²) in [5, 5.41) is 0. The summed E-state index contributed by atoms with van der Waals surface area (Å²) in [6.07, 6.45) is 5.14. The van der Waals surface area contributed by atoms with Crippen LogP contribution in [0.5, 0.6) is 0 Å². The van der Waals surface area contributed by atoms with Crippen LogP contribution in [0.3, 0.4) is 0 Å². The predicted molar refractivity (Wildman–Crippen MR) is 121 cm³/mol. The highest BCUT2D eigenvalue weighted by Gasteiger charge is 2.25. The van der Waals surface area contributed by atoms with Gasteiger partial charge in [0.15, 0.2) is 0 Å². The van der Waals surface area contributed by atoms with E-state index >= 15 is 0 Å². The van der Waals surface area contributed by atoms with Gasteiger partial charge in [-0.3, -0.25) is 19.4 Å². The van der Waals surface area contributed by atoms with E-state index in [9.17, 15) is 14.0 Å². The van der Waals surface area contributed by atoms with Crippen molar-refractivity contribution in [3.63, 3.8) is 0 Å². The van der Waals surface area contributed by atoms with Crippen molar-refractivity contribution in [1.29, 1.82) is 0 Å². The van der Waals surface area contributed by atoms with E-state index in [2.05, 4.69) is 19.9 Å². The van der Waals surface area contributed by atoms with Crippen LogP contribution in [-0.4, -0.2) is 65.0 Å². The molecule has 32 heavy (non-hydrogen) atoms. The number of nitrogens with zero attached hydrogens (tertiary/aromatic N) is 5. The number of amides is 1. The van der Waals surface area contributed by atoms with Gasteiger partial charge in [-0.15, -0.1) is 0 Å². The highest BCUT2D eigenvalue weighted by Crippen LogP contribution is 2.25. The van der Waals surface area contributed by atoms with Crippen LogP contribution in [-0.2, 0) is 11.2 Å². The number of nitrogens with one attached hydrogen (secondary N) is 1. The maximum absolute atomic E-state index is 14.7. The van der Waals surface area contributed by atoms with E-state index in [-0.39, 0.29) is 11.5 Å². The second-order valence-corrected chi connectivity index (χ2v) is 8.09. The zero-order chi connectivity index (χ0) is 22.7. The van der Waals surface area contributed by atoms with Crippen LogP contribution in [0.4, 0.5) is 15.9 Å². The van der Waals surface area contributed by atoms with Gasteiger partial charge in [0.25, 0.3) is 5.56 Å². The highest BCUT2D eigenvalue weighted by atomic mass is 19.1. The summed E-state index contributed by atoms with van der Waals surface area (Å²) in [7, 11) is 0. The van der Waals surface area contributed by atoms with E-state index in [1.165, 1.54) is 4.90 Å². The van der Waals surface area contributed by atoms with Gasteiger partial charge >= 0.3 is 0 Å². The zero-order valence-corrected chi connectivity index (χ0v) is 18.2. The highest BCUT2D eigenvalue weighted by molar-refractivity contribution is 5.94.